The molecule has 4 nitrogen and oxygen atoms in total. The van der Waals surface area contributed by atoms with Gasteiger partial charge >= 0.3 is 0 Å². The number of nitrogens with two attached hydrogens (primary N) is 1. The minimum atomic E-state index is -0.400. The normalized spacial score (nSPS) is 10.6. The Morgan fingerprint density at radius 1 is 1.08 bits per heavy atom. The van der Waals surface area contributed by atoms with Crippen molar-refractivity contribution in [2.75, 3.05) is 5.73 Å². The number of phenols is 1. The first-order chi connectivity index (χ1) is 11.5. The molecule has 0 spiro atoms. The van der Waals surface area contributed by atoms with Gasteiger partial charge in [0, 0.05) is 11.1 Å². The molecule has 0 fully saturated rings. The third kappa shape index (κ3) is 3.58. The van der Waals surface area contributed by atoms with E-state index in [0.29, 0.717) is 22.0 Å². The van der Waals surface area contributed by atoms with E-state index >= 15 is 0 Å². The number of pyridine rings is 1. The molecule has 3 rings (SSSR count). The second-order valence-electron chi connectivity index (χ2n) is 5.15. The first kappa shape index (κ1) is 16.1. The maximum atomic E-state index is 13.0. The lowest BCUT2D eigenvalue weighted by atomic mass is 10.1. The lowest BCUT2D eigenvalue weighted by Crippen LogP contribution is -2.02. The molecule has 1 heterocycles. The van der Waals surface area contributed by atoms with Crippen LogP contribution in [0.1, 0.15) is 5.56 Å². The molecular formula is C18H14ClFN2O2. The lowest BCUT2D eigenvalue weighted by Gasteiger charge is -2.11. The highest BCUT2D eigenvalue weighted by Crippen LogP contribution is 2.27. The summed E-state index contributed by atoms with van der Waals surface area (Å²) in [5.41, 5.74) is 8.08. The van der Waals surface area contributed by atoms with E-state index in [0.717, 1.165) is 5.56 Å². The average Bonchev–Trinajstić information content (AvgIpc) is 2.56. The largest absolute Gasteiger partial charge is 0.508 e. The van der Waals surface area contributed by atoms with Crippen LogP contribution in [0.3, 0.4) is 0 Å². The highest BCUT2D eigenvalue weighted by molar-refractivity contribution is 6.31. The smallest absolute Gasteiger partial charge is 0.166 e. The number of anilines is 1. The van der Waals surface area contributed by atoms with Crippen LogP contribution in [-0.4, -0.2) is 10.1 Å². The number of phenolic OH excluding ortho intramolecular Hbond substituents is 1. The van der Waals surface area contributed by atoms with E-state index in [4.69, 9.17) is 22.1 Å². The number of nitrogen functional groups attached to an aromatic ring is 1. The molecule has 0 saturated carbocycles. The van der Waals surface area contributed by atoms with Crippen LogP contribution in [0.5, 0.6) is 11.5 Å². The Hall–Kier alpha value is -2.79. The number of hydrogen-bond acceptors (Lipinski definition) is 4. The van der Waals surface area contributed by atoms with Crippen molar-refractivity contribution >= 4 is 17.4 Å². The number of rotatable bonds is 4. The summed E-state index contributed by atoms with van der Waals surface area (Å²) in [6, 6.07) is 14.2. The number of aromatic nitrogens is 1. The van der Waals surface area contributed by atoms with Gasteiger partial charge in [-0.25, -0.2) is 9.37 Å². The molecule has 0 aliphatic carbocycles. The fourth-order valence-corrected chi connectivity index (χ4v) is 2.39. The Balaban J connectivity index is 1.76. The van der Waals surface area contributed by atoms with Gasteiger partial charge in [-0.2, -0.15) is 0 Å². The van der Waals surface area contributed by atoms with Crippen molar-refractivity contribution in [3.05, 3.63) is 71.0 Å². The van der Waals surface area contributed by atoms with Gasteiger partial charge in [0.15, 0.2) is 11.6 Å². The van der Waals surface area contributed by atoms with Crippen LogP contribution < -0.4 is 10.5 Å². The van der Waals surface area contributed by atoms with Crippen molar-refractivity contribution in [2.45, 2.75) is 6.61 Å². The van der Waals surface area contributed by atoms with Gasteiger partial charge in [-0.3, -0.25) is 0 Å². The first-order valence-electron chi connectivity index (χ1n) is 7.15. The van der Waals surface area contributed by atoms with Gasteiger partial charge in [0.05, 0.1) is 10.7 Å². The first-order valence-corrected chi connectivity index (χ1v) is 7.53. The van der Waals surface area contributed by atoms with Crippen LogP contribution in [0.4, 0.5) is 10.2 Å². The molecular weight excluding hydrogens is 331 g/mol. The molecule has 122 valence electrons. The van der Waals surface area contributed by atoms with Crippen molar-refractivity contribution in [2.24, 2.45) is 0 Å². The molecule has 0 saturated heterocycles. The maximum Gasteiger partial charge on any atom is 0.166 e. The quantitative estimate of drug-likeness (QED) is 0.735. The molecule has 3 N–H and O–H groups in total. The monoisotopic (exact) mass is 344 g/mol. The fourth-order valence-electron chi connectivity index (χ4n) is 2.17. The summed E-state index contributed by atoms with van der Waals surface area (Å²) in [6.45, 7) is 0.156. The molecule has 0 radical (unpaired) electrons. The minimum absolute atomic E-state index is 0.156. The van der Waals surface area contributed by atoms with E-state index in [-0.39, 0.29) is 18.2 Å². The second kappa shape index (κ2) is 6.76. The van der Waals surface area contributed by atoms with Gasteiger partial charge in [0.2, 0.25) is 0 Å². The number of benzene rings is 2. The zero-order valence-corrected chi connectivity index (χ0v) is 13.3. The molecule has 0 bridgehead atoms. The lowest BCUT2D eigenvalue weighted by molar-refractivity contribution is 0.307. The van der Waals surface area contributed by atoms with Crippen LogP contribution in [0, 0.1) is 5.82 Å². The molecule has 0 atom stereocenters. The summed E-state index contributed by atoms with van der Waals surface area (Å²) in [5, 5.41) is 9.61. The Labute approximate surface area is 143 Å². The molecule has 0 aliphatic heterocycles. The Morgan fingerprint density at radius 2 is 1.83 bits per heavy atom. The van der Waals surface area contributed by atoms with Gasteiger partial charge in [-0.15, -0.1) is 0 Å². The standard InChI is InChI=1S/C18H14ClFN2O2/c19-15-9-13(20)4-1-12(15)10-24-17-8-7-16(22-18(17)21)11-2-5-14(23)6-3-11/h1-9,23H,10H2,(H2,21,22). The third-order valence-corrected chi connectivity index (χ3v) is 3.80. The zero-order valence-electron chi connectivity index (χ0n) is 12.5. The third-order valence-electron chi connectivity index (χ3n) is 3.45. The highest BCUT2D eigenvalue weighted by Gasteiger charge is 2.08. The van der Waals surface area contributed by atoms with Crippen molar-refractivity contribution in [3.8, 4) is 22.8 Å². The second-order valence-corrected chi connectivity index (χ2v) is 5.56. The molecule has 24 heavy (non-hydrogen) atoms. The molecule has 0 amide bonds. The fraction of sp³-hybridized carbons (Fsp3) is 0.0556. The van der Waals surface area contributed by atoms with Gasteiger partial charge in [-0.1, -0.05) is 17.7 Å². The molecule has 3 aromatic rings. The summed E-state index contributed by atoms with van der Waals surface area (Å²) in [7, 11) is 0. The van der Waals surface area contributed by atoms with E-state index < -0.39 is 5.82 Å². The SMILES string of the molecule is Nc1nc(-c2ccc(O)cc2)ccc1OCc1ccc(F)cc1Cl. The van der Waals surface area contributed by atoms with Crippen LogP contribution >= 0.6 is 11.6 Å². The van der Waals surface area contributed by atoms with Crippen LogP contribution in [0.15, 0.2) is 54.6 Å². The van der Waals surface area contributed by atoms with Crippen LogP contribution in [-0.2, 0) is 6.61 Å². The number of halogens is 2. The van der Waals surface area contributed by atoms with Gasteiger partial charge < -0.3 is 15.6 Å². The summed E-state index contributed by atoms with van der Waals surface area (Å²) < 4.78 is 18.7. The van der Waals surface area contributed by atoms with Crippen molar-refractivity contribution in [3.63, 3.8) is 0 Å². The molecule has 6 heteroatoms. The van der Waals surface area contributed by atoms with Crippen LogP contribution in [0.2, 0.25) is 5.02 Å². The highest BCUT2D eigenvalue weighted by atomic mass is 35.5. The molecule has 2 aromatic carbocycles. The maximum absolute atomic E-state index is 13.0. The van der Waals surface area contributed by atoms with Gasteiger partial charge in [-0.05, 0) is 48.5 Å². The van der Waals surface area contributed by atoms with E-state index in [9.17, 15) is 9.50 Å². The van der Waals surface area contributed by atoms with Gasteiger partial charge in [0.25, 0.3) is 0 Å². The van der Waals surface area contributed by atoms with Crippen molar-refractivity contribution in [1.82, 2.24) is 4.98 Å². The van der Waals surface area contributed by atoms with Crippen LogP contribution in [0.25, 0.3) is 11.3 Å². The molecule has 0 unspecified atom stereocenters. The minimum Gasteiger partial charge on any atom is -0.508 e. The number of hydrogen-bond donors (Lipinski definition) is 2. The van der Waals surface area contributed by atoms with E-state index in [2.05, 4.69) is 4.98 Å². The summed E-state index contributed by atoms with van der Waals surface area (Å²) in [5.74, 6) is 0.433. The van der Waals surface area contributed by atoms with E-state index in [1.165, 1.54) is 12.1 Å². The average molecular weight is 345 g/mol. The number of aromatic hydroxyl groups is 1. The Bertz CT molecular complexity index is 869. The number of ether oxygens (including phenoxy) is 1. The van der Waals surface area contributed by atoms with E-state index in [1.54, 1.807) is 42.5 Å². The van der Waals surface area contributed by atoms with E-state index in [1.807, 2.05) is 0 Å². The Kier molecular flexibility index (Phi) is 4.53. The zero-order chi connectivity index (χ0) is 17.1. The summed E-state index contributed by atoms with van der Waals surface area (Å²) >= 11 is 5.97. The molecule has 0 aliphatic rings. The number of nitrogens with zero attached hydrogens (tertiary/aromatic N) is 1. The summed E-state index contributed by atoms with van der Waals surface area (Å²) in [6.07, 6.45) is 0. The topological polar surface area (TPSA) is 68.4 Å². The molecule has 1 aromatic heterocycles. The Morgan fingerprint density at radius 3 is 2.50 bits per heavy atom. The van der Waals surface area contributed by atoms with Crippen molar-refractivity contribution < 1.29 is 14.2 Å². The van der Waals surface area contributed by atoms with Crippen molar-refractivity contribution in [1.29, 1.82) is 0 Å². The predicted molar refractivity (Wildman–Crippen MR) is 91.5 cm³/mol. The van der Waals surface area contributed by atoms with Gasteiger partial charge in [0.1, 0.15) is 18.2 Å². The summed E-state index contributed by atoms with van der Waals surface area (Å²) in [4.78, 5) is 4.30. The predicted octanol–water partition coefficient (Wildman–Crippen LogP) is 4.41.